The topological polar surface area (TPSA) is 36.3 Å². The molecular weight excluding hydrogens is 284 g/mol. The minimum Gasteiger partial charge on any atom is -0.497 e. The number of nitriles is 1. The molecule has 0 aliphatic rings. The molecule has 0 radical (unpaired) electrons. The number of hydrogen-bond acceptors (Lipinski definition) is 3. The van der Waals surface area contributed by atoms with Crippen molar-refractivity contribution in [3.8, 4) is 11.8 Å². The minimum absolute atomic E-state index is 0.716. The standard InChI is InChI=1S/C20H22N2O/c1-5-19(15-6-10-17(11-7-15)22(2)3)20(14-21)16-8-12-18(23-4)13-9-16/h6-13H,5H2,1-4H3. The summed E-state index contributed by atoms with van der Waals surface area (Å²) in [5.74, 6) is 0.791. The molecule has 3 heteroatoms. The van der Waals surface area contributed by atoms with E-state index >= 15 is 0 Å². The predicted molar refractivity (Wildman–Crippen MR) is 96.5 cm³/mol. The van der Waals surface area contributed by atoms with Crippen molar-refractivity contribution >= 4 is 16.8 Å². The third kappa shape index (κ3) is 3.73. The van der Waals surface area contributed by atoms with Gasteiger partial charge in [-0.1, -0.05) is 19.1 Å². The van der Waals surface area contributed by atoms with E-state index in [1.54, 1.807) is 7.11 Å². The summed E-state index contributed by atoms with van der Waals surface area (Å²) in [4.78, 5) is 2.06. The van der Waals surface area contributed by atoms with Crippen molar-refractivity contribution in [1.82, 2.24) is 0 Å². The lowest BCUT2D eigenvalue weighted by atomic mass is 9.93. The minimum atomic E-state index is 0.716. The maximum absolute atomic E-state index is 9.66. The molecule has 2 aromatic rings. The summed E-state index contributed by atoms with van der Waals surface area (Å²) >= 11 is 0. The monoisotopic (exact) mass is 306 g/mol. The Hall–Kier alpha value is -2.73. The SMILES string of the molecule is CCC(=C(C#N)c1ccc(OC)cc1)c1ccc(N(C)C)cc1. The molecule has 0 unspecified atom stereocenters. The predicted octanol–water partition coefficient (Wildman–Crippen LogP) is 4.61. The molecule has 0 fully saturated rings. The van der Waals surface area contributed by atoms with Gasteiger partial charge in [0.15, 0.2) is 0 Å². The number of ether oxygens (including phenoxy) is 1. The third-order valence-corrected chi connectivity index (χ3v) is 3.88. The average Bonchev–Trinajstić information content (AvgIpc) is 2.60. The van der Waals surface area contributed by atoms with Gasteiger partial charge in [-0.15, -0.1) is 0 Å². The smallest absolute Gasteiger partial charge is 0.118 e. The fourth-order valence-corrected chi connectivity index (χ4v) is 2.55. The summed E-state index contributed by atoms with van der Waals surface area (Å²) in [6.07, 6.45) is 0.802. The van der Waals surface area contributed by atoms with Gasteiger partial charge in [-0.3, -0.25) is 0 Å². The molecular formula is C20H22N2O. The van der Waals surface area contributed by atoms with E-state index in [0.717, 1.165) is 34.6 Å². The van der Waals surface area contributed by atoms with Crippen LogP contribution in [0.2, 0.25) is 0 Å². The van der Waals surface area contributed by atoms with Gasteiger partial charge in [0.25, 0.3) is 0 Å². The van der Waals surface area contributed by atoms with Crippen LogP contribution in [0.3, 0.4) is 0 Å². The van der Waals surface area contributed by atoms with Crippen molar-refractivity contribution in [3.63, 3.8) is 0 Å². The van der Waals surface area contributed by atoms with E-state index < -0.39 is 0 Å². The lowest BCUT2D eigenvalue weighted by molar-refractivity contribution is 0.415. The average molecular weight is 306 g/mol. The fraction of sp³-hybridized carbons (Fsp3) is 0.250. The van der Waals surface area contributed by atoms with Crippen molar-refractivity contribution in [2.75, 3.05) is 26.1 Å². The number of nitrogens with zero attached hydrogens (tertiary/aromatic N) is 2. The number of anilines is 1. The summed E-state index contributed by atoms with van der Waals surface area (Å²) < 4.78 is 5.19. The van der Waals surface area contributed by atoms with Crippen LogP contribution in [0.25, 0.3) is 11.1 Å². The maximum atomic E-state index is 9.66. The first-order chi connectivity index (χ1) is 11.1. The Morgan fingerprint density at radius 2 is 1.57 bits per heavy atom. The van der Waals surface area contributed by atoms with Gasteiger partial charge in [-0.2, -0.15) is 5.26 Å². The largest absolute Gasteiger partial charge is 0.497 e. The number of hydrogen-bond donors (Lipinski definition) is 0. The van der Waals surface area contributed by atoms with Crippen LogP contribution in [0.4, 0.5) is 5.69 Å². The first-order valence-corrected chi connectivity index (χ1v) is 7.66. The lowest BCUT2D eigenvalue weighted by Gasteiger charge is -2.14. The molecule has 0 bridgehead atoms. The summed E-state index contributed by atoms with van der Waals surface area (Å²) in [6.45, 7) is 2.08. The number of rotatable bonds is 5. The zero-order chi connectivity index (χ0) is 16.8. The quantitative estimate of drug-likeness (QED) is 0.598. The lowest BCUT2D eigenvalue weighted by Crippen LogP contribution is -2.08. The Bertz CT molecular complexity index is 720. The third-order valence-electron chi connectivity index (χ3n) is 3.88. The van der Waals surface area contributed by atoms with Crippen molar-refractivity contribution in [2.24, 2.45) is 0 Å². The number of allylic oxidation sites excluding steroid dienone is 2. The summed E-state index contributed by atoms with van der Waals surface area (Å²) in [7, 11) is 5.67. The fourth-order valence-electron chi connectivity index (χ4n) is 2.55. The molecule has 23 heavy (non-hydrogen) atoms. The molecule has 0 saturated carbocycles. The molecule has 3 nitrogen and oxygen atoms in total. The molecule has 0 spiro atoms. The summed E-state index contributed by atoms with van der Waals surface area (Å²) in [5.41, 5.74) is 4.93. The van der Waals surface area contributed by atoms with E-state index in [4.69, 9.17) is 4.74 Å². The van der Waals surface area contributed by atoms with E-state index in [1.165, 1.54) is 0 Å². The van der Waals surface area contributed by atoms with Crippen LogP contribution in [-0.2, 0) is 0 Å². The Morgan fingerprint density at radius 1 is 1.00 bits per heavy atom. The number of benzene rings is 2. The van der Waals surface area contributed by atoms with E-state index in [0.29, 0.717) is 5.57 Å². The van der Waals surface area contributed by atoms with Crippen LogP contribution in [0.5, 0.6) is 5.75 Å². The Kier molecular flexibility index (Phi) is 5.43. The van der Waals surface area contributed by atoms with Gasteiger partial charge < -0.3 is 9.64 Å². The van der Waals surface area contributed by atoms with Crippen molar-refractivity contribution in [3.05, 3.63) is 59.7 Å². The molecule has 0 aliphatic heterocycles. The molecule has 0 aliphatic carbocycles. The highest BCUT2D eigenvalue weighted by Gasteiger charge is 2.10. The molecule has 118 valence electrons. The second-order valence-electron chi connectivity index (χ2n) is 5.49. The highest BCUT2D eigenvalue weighted by Crippen LogP contribution is 2.30. The van der Waals surface area contributed by atoms with Gasteiger partial charge in [0.05, 0.1) is 12.7 Å². The molecule has 0 amide bonds. The van der Waals surface area contributed by atoms with Gasteiger partial charge in [0, 0.05) is 19.8 Å². The molecule has 0 heterocycles. The molecule has 0 N–H and O–H groups in total. The van der Waals surface area contributed by atoms with E-state index in [9.17, 15) is 5.26 Å². The second-order valence-corrected chi connectivity index (χ2v) is 5.49. The van der Waals surface area contributed by atoms with Crippen molar-refractivity contribution in [1.29, 1.82) is 5.26 Å². The normalized spacial score (nSPS) is 11.4. The molecule has 2 rings (SSSR count). The Balaban J connectivity index is 2.48. The first kappa shape index (κ1) is 16.6. The van der Waals surface area contributed by atoms with Crippen LogP contribution in [-0.4, -0.2) is 21.2 Å². The first-order valence-electron chi connectivity index (χ1n) is 7.66. The van der Waals surface area contributed by atoms with E-state index in [2.05, 4.69) is 42.2 Å². The molecule has 2 aromatic carbocycles. The van der Waals surface area contributed by atoms with Gasteiger partial charge in [-0.25, -0.2) is 0 Å². The van der Waals surface area contributed by atoms with Gasteiger partial charge in [-0.05, 0) is 59.5 Å². The highest BCUT2D eigenvalue weighted by atomic mass is 16.5. The van der Waals surface area contributed by atoms with Gasteiger partial charge in [0.2, 0.25) is 0 Å². The van der Waals surface area contributed by atoms with Gasteiger partial charge in [0.1, 0.15) is 11.8 Å². The zero-order valence-corrected chi connectivity index (χ0v) is 14.1. The molecule has 0 aromatic heterocycles. The van der Waals surface area contributed by atoms with Crippen LogP contribution in [0.15, 0.2) is 48.5 Å². The van der Waals surface area contributed by atoms with Crippen molar-refractivity contribution in [2.45, 2.75) is 13.3 Å². The van der Waals surface area contributed by atoms with Gasteiger partial charge >= 0.3 is 0 Å². The molecule has 0 atom stereocenters. The Labute approximate surface area is 138 Å². The van der Waals surface area contributed by atoms with Crippen molar-refractivity contribution < 1.29 is 4.74 Å². The number of methoxy groups -OCH3 is 1. The summed E-state index contributed by atoms with van der Waals surface area (Å²) in [6, 6.07) is 18.3. The second kappa shape index (κ2) is 7.51. The van der Waals surface area contributed by atoms with E-state index in [-0.39, 0.29) is 0 Å². The molecule has 0 saturated heterocycles. The Morgan fingerprint density at radius 3 is 2.00 bits per heavy atom. The van der Waals surface area contributed by atoms with E-state index in [1.807, 2.05) is 38.4 Å². The summed E-state index contributed by atoms with van der Waals surface area (Å²) in [5, 5.41) is 9.66. The van der Waals surface area contributed by atoms with Crippen LogP contribution < -0.4 is 9.64 Å². The van der Waals surface area contributed by atoms with Crippen LogP contribution in [0.1, 0.15) is 24.5 Å². The van der Waals surface area contributed by atoms with Crippen LogP contribution >= 0.6 is 0 Å². The maximum Gasteiger partial charge on any atom is 0.118 e. The zero-order valence-electron chi connectivity index (χ0n) is 14.1. The van der Waals surface area contributed by atoms with Crippen LogP contribution in [0, 0.1) is 11.3 Å². The highest BCUT2D eigenvalue weighted by molar-refractivity contribution is 5.97.